The maximum atomic E-state index is 11.9. The SMILES string of the molecule is COc1ccc(/C=C2\SC(=S)CC2=O)cc1-c1ccc(C)cc1. The third-order valence-electron chi connectivity index (χ3n) is 3.69. The fourth-order valence-corrected chi connectivity index (χ4v) is 3.70. The van der Waals surface area contributed by atoms with Crippen LogP contribution in [0.1, 0.15) is 17.5 Å². The zero-order valence-electron chi connectivity index (χ0n) is 13.0. The Kier molecular flexibility index (Phi) is 4.64. The average molecular weight is 340 g/mol. The normalized spacial score (nSPS) is 16.2. The van der Waals surface area contributed by atoms with E-state index < -0.39 is 0 Å². The van der Waals surface area contributed by atoms with Crippen LogP contribution in [0.15, 0.2) is 47.4 Å². The van der Waals surface area contributed by atoms with Gasteiger partial charge < -0.3 is 4.74 Å². The number of ether oxygens (including phenoxy) is 1. The number of aryl methyl sites for hydroxylation is 1. The largest absolute Gasteiger partial charge is 0.496 e. The van der Waals surface area contributed by atoms with Gasteiger partial charge >= 0.3 is 0 Å². The summed E-state index contributed by atoms with van der Waals surface area (Å²) in [7, 11) is 1.67. The maximum Gasteiger partial charge on any atom is 0.175 e. The molecule has 0 N–H and O–H groups in total. The van der Waals surface area contributed by atoms with Crippen LogP contribution in [0.3, 0.4) is 0 Å². The van der Waals surface area contributed by atoms with Crippen molar-refractivity contribution in [2.75, 3.05) is 7.11 Å². The van der Waals surface area contributed by atoms with Crippen molar-refractivity contribution in [2.45, 2.75) is 13.3 Å². The Morgan fingerprint density at radius 3 is 2.52 bits per heavy atom. The van der Waals surface area contributed by atoms with Gasteiger partial charge in [-0.15, -0.1) is 0 Å². The summed E-state index contributed by atoms with van der Waals surface area (Å²) in [6.45, 7) is 2.06. The fourth-order valence-electron chi connectivity index (χ4n) is 2.47. The van der Waals surface area contributed by atoms with E-state index in [-0.39, 0.29) is 5.78 Å². The Morgan fingerprint density at radius 2 is 1.91 bits per heavy atom. The number of thiocarbonyl (C=S) groups is 1. The number of carbonyl (C=O) groups excluding carboxylic acids is 1. The molecule has 0 aliphatic carbocycles. The Balaban J connectivity index is 2.03. The molecule has 116 valence electrons. The summed E-state index contributed by atoms with van der Waals surface area (Å²) in [5.74, 6) is 0.921. The Labute approximate surface area is 145 Å². The molecule has 3 rings (SSSR count). The molecule has 0 unspecified atom stereocenters. The summed E-state index contributed by atoms with van der Waals surface area (Å²) in [5.41, 5.74) is 4.29. The minimum absolute atomic E-state index is 0.104. The van der Waals surface area contributed by atoms with E-state index in [1.165, 1.54) is 17.3 Å². The molecule has 0 amide bonds. The topological polar surface area (TPSA) is 26.3 Å². The van der Waals surface area contributed by atoms with E-state index in [1.54, 1.807) is 7.11 Å². The zero-order valence-corrected chi connectivity index (χ0v) is 14.6. The summed E-state index contributed by atoms with van der Waals surface area (Å²) in [6.07, 6.45) is 2.27. The molecule has 0 radical (unpaired) electrons. The summed E-state index contributed by atoms with van der Waals surface area (Å²) < 4.78 is 6.22. The lowest BCUT2D eigenvalue weighted by molar-refractivity contribution is -0.113. The molecule has 1 aliphatic heterocycles. The smallest absolute Gasteiger partial charge is 0.175 e. The van der Waals surface area contributed by atoms with Crippen LogP contribution in [-0.4, -0.2) is 17.1 Å². The predicted octanol–water partition coefficient (Wildman–Crippen LogP) is 5.04. The van der Waals surface area contributed by atoms with Gasteiger partial charge in [0.2, 0.25) is 0 Å². The van der Waals surface area contributed by atoms with Gasteiger partial charge in [0.05, 0.1) is 22.6 Å². The van der Waals surface area contributed by atoms with Crippen molar-refractivity contribution in [3.05, 3.63) is 58.5 Å². The molecule has 1 aliphatic rings. The predicted molar refractivity (Wildman–Crippen MR) is 101 cm³/mol. The monoisotopic (exact) mass is 340 g/mol. The number of Topliss-reactive ketones (excluding diaryl/α,β-unsaturated/α-hetero) is 1. The number of methoxy groups -OCH3 is 1. The number of carbonyl (C=O) groups is 1. The summed E-state index contributed by atoms with van der Waals surface area (Å²) in [5, 5.41) is 0. The van der Waals surface area contributed by atoms with Crippen LogP contribution >= 0.6 is 24.0 Å². The highest BCUT2D eigenvalue weighted by Gasteiger charge is 2.22. The van der Waals surface area contributed by atoms with E-state index in [2.05, 4.69) is 31.2 Å². The van der Waals surface area contributed by atoms with E-state index in [0.29, 0.717) is 6.42 Å². The third kappa shape index (κ3) is 3.54. The lowest BCUT2D eigenvalue weighted by Gasteiger charge is -2.10. The summed E-state index contributed by atoms with van der Waals surface area (Å²) in [4.78, 5) is 12.6. The van der Waals surface area contributed by atoms with Crippen molar-refractivity contribution in [1.82, 2.24) is 0 Å². The van der Waals surface area contributed by atoms with Crippen LogP contribution in [0.4, 0.5) is 0 Å². The third-order valence-corrected chi connectivity index (χ3v) is 5.02. The van der Waals surface area contributed by atoms with Crippen LogP contribution in [0.25, 0.3) is 17.2 Å². The van der Waals surface area contributed by atoms with E-state index in [1.807, 2.05) is 24.3 Å². The van der Waals surface area contributed by atoms with Crippen LogP contribution in [-0.2, 0) is 4.79 Å². The molecule has 2 aromatic carbocycles. The Morgan fingerprint density at radius 1 is 1.17 bits per heavy atom. The molecule has 0 saturated carbocycles. The van der Waals surface area contributed by atoms with Gasteiger partial charge in [-0.3, -0.25) is 4.79 Å². The van der Waals surface area contributed by atoms with Crippen molar-refractivity contribution >= 4 is 40.0 Å². The van der Waals surface area contributed by atoms with Crippen molar-refractivity contribution in [1.29, 1.82) is 0 Å². The van der Waals surface area contributed by atoms with Crippen molar-refractivity contribution in [3.63, 3.8) is 0 Å². The van der Waals surface area contributed by atoms with Gasteiger partial charge in [0.25, 0.3) is 0 Å². The second-order valence-electron chi connectivity index (χ2n) is 5.41. The van der Waals surface area contributed by atoms with E-state index in [4.69, 9.17) is 17.0 Å². The number of benzene rings is 2. The van der Waals surface area contributed by atoms with Gasteiger partial charge in [-0.25, -0.2) is 0 Å². The van der Waals surface area contributed by atoms with Crippen LogP contribution in [0, 0.1) is 6.92 Å². The number of thioether (sulfide) groups is 1. The Hall–Kier alpha value is -1.91. The highest BCUT2D eigenvalue weighted by Crippen LogP contribution is 2.35. The van der Waals surface area contributed by atoms with Gasteiger partial charge in [-0.2, -0.15) is 0 Å². The molecular formula is C19H16O2S2. The van der Waals surface area contributed by atoms with Crippen LogP contribution in [0.5, 0.6) is 5.75 Å². The van der Waals surface area contributed by atoms with Gasteiger partial charge in [0.1, 0.15) is 5.75 Å². The standard InChI is InChI=1S/C19H16O2S2/c1-12-3-6-14(7-4-12)15-9-13(5-8-17(15)21-2)10-18-16(20)11-19(22)23-18/h3-10H,11H2,1-2H3/b18-10-. The molecule has 4 heteroatoms. The van der Waals surface area contributed by atoms with Crippen molar-refractivity contribution in [3.8, 4) is 16.9 Å². The molecule has 1 fully saturated rings. The van der Waals surface area contributed by atoms with Gasteiger partial charge in [0.15, 0.2) is 5.78 Å². The van der Waals surface area contributed by atoms with Crippen LogP contribution in [0.2, 0.25) is 0 Å². The maximum absolute atomic E-state index is 11.9. The minimum Gasteiger partial charge on any atom is -0.496 e. The molecule has 0 atom stereocenters. The van der Waals surface area contributed by atoms with E-state index >= 15 is 0 Å². The first-order valence-corrected chi connectivity index (χ1v) is 8.50. The lowest BCUT2D eigenvalue weighted by atomic mass is 10.0. The zero-order chi connectivity index (χ0) is 16.4. The molecule has 0 bridgehead atoms. The highest BCUT2D eigenvalue weighted by molar-refractivity contribution is 8.27. The lowest BCUT2D eigenvalue weighted by Crippen LogP contribution is -1.92. The minimum atomic E-state index is 0.104. The molecule has 0 aromatic heterocycles. The number of rotatable bonds is 3. The molecule has 0 spiro atoms. The first-order valence-electron chi connectivity index (χ1n) is 7.27. The quantitative estimate of drug-likeness (QED) is 0.577. The second-order valence-corrected chi connectivity index (χ2v) is 7.30. The molecular weight excluding hydrogens is 324 g/mol. The fraction of sp³-hybridized carbons (Fsp3) is 0.158. The molecule has 23 heavy (non-hydrogen) atoms. The second kappa shape index (κ2) is 6.69. The number of ketones is 1. The summed E-state index contributed by atoms with van der Waals surface area (Å²) >= 11 is 6.52. The molecule has 2 nitrogen and oxygen atoms in total. The number of hydrogen-bond donors (Lipinski definition) is 0. The van der Waals surface area contributed by atoms with E-state index in [0.717, 1.165) is 31.5 Å². The molecule has 1 saturated heterocycles. The van der Waals surface area contributed by atoms with Gasteiger partial charge in [-0.05, 0) is 36.3 Å². The molecule has 2 aromatic rings. The number of allylic oxidation sites excluding steroid dienone is 1. The van der Waals surface area contributed by atoms with Crippen LogP contribution < -0.4 is 4.74 Å². The Bertz CT molecular complexity index is 805. The number of hydrogen-bond acceptors (Lipinski definition) is 4. The van der Waals surface area contributed by atoms with E-state index in [9.17, 15) is 4.79 Å². The van der Waals surface area contributed by atoms with Gasteiger partial charge in [0, 0.05) is 5.56 Å². The van der Waals surface area contributed by atoms with Crippen molar-refractivity contribution < 1.29 is 9.53 Å². The van der Waals surface area contributed by atoms with Crippen molar-refractivity contribution in [2.24, 2.45) is 0 Å². The molecule has 1 heterocycles. The average Bonchev–Trinajstić information content (AvgIpc) is 2.85. The first kappa shape index (κ1) is 16.0. The summed E-state index contributed by atoms with van der Waals surface area (Å²) in [6, 6.07) is 14.3. The highest BCUT2D eigenvalue weighted by atomic mass is 32.2. The first-order chi connectivity index (χ1) is 11.1. The van der Waals surface area contributed by atoms with Gasteiger partial charge in [-0.1, -0.05) is 59.9 Å².